The predicted octanol–water partition coefficient (Wildman–Crippen LogP) is 2.30. The fourth-order valence-corrected chi connectivity index (χ4v) is 4.29. The van der Waals surface area contributed by atoms with E-state index in [4.69, 9.17) is 21.7 Å². The van der Waals surface area contributed by atoms with Crippen molar-refractivity contribution in [3.63, 3.8) is 0 Å². The second kappa shape index (κ2) is 7.49. The zero-order valence-electron chi connectivity index (χ0n) is 15.0. The van der Waals surface area contributed by atoms with Crippen LogP contribution in [-0.2, 0) is 10.0 Å². The Morgan fingerprint density at radius 1 is 1.30 bits per heavy atom. The minimum atomic E-state index is -3.24. The molecule has 27 heavy (non-hydrogen) atoms. The largest absolute Gasteiger partial charge is 0.465 e. The van der Waals surface area contributed by atoms with Crippen molar-refractivity contribution in [3.05, 3.63) is 34.9 Å². The number of piperazine rings is 1. The zero-order valence-corrected chi connectivity index (χ0v) is 16.6. The van der Waals surface area contributed by atoms with Crippen LogP contribution in [0.4, 0.5) is 10.6 Å². The third kappa shape index (κ3) is 4.26. The molecule has 0 radical (unpaired) electrons. The average molecular weight is 413 g/mol. The van der Waals surface area contributed by atoms with Gasteiger partial charge in [-0.3, -0.25) is 0 Å². The highest BCUT2D eigenvalue weighted by atomic mass is 35.5. The second-order valence-electron chi connectivity index (χ2n) is 6.53. The Balaban J connectivity index is 2.02. The number of carbonyl (C=O) groups is 1. The normalized spacial score (nSPS) is 17.1. The van der Waals surface area contributed by atoms with Gasteiger partial charge in [-0.15, -0.1) is 0 Å². The first-order chi connectivity index (χ1) is 12.7. The van der Waals surface area contributed by atoms with Crippen molar-refractivity contribution in [2.24, 2.45) is 0 Å². The SMILES string of the molecule is CC(NC(=O)O)c1cc2cccc(Cl)c2nc1N1CCN(S(C)(=O)=O)CC1. The summed E-state index contributed by atoms with van der Waals surface area (Å²) in [5, 5.41) is 12.9. The van der Waals surface area contributed by atoms with Crippen LogP contribution in [0.1, 0.15) is 18.5 Å². The van der Waals surface area contributed by atoms with E-state index in [1.807, 2.05) is 23.1 Å². The highest BCUT2D eigenvalue weighted by molar-refractivity contribution is 7.88. The number of anilines is 1. The number of nitrogens with one attached hydrogen (secondary N) is 1. The lowest BCUT2D eigenvalue weighted by atomic mass is 10.1. The van der Waals surface area contributed by atoms with Crippen LogP contribution >= 0.6 is 11.6 Å². The van der Waals surface area contributed by atoms with Gasteiger partial charge in [0.15, 0.2) is 0 Å². The lowest BCUT2D eigenvalue weighted by Crippen LogP contribution is -2.49. The quantitative estimate of drug-likeness (QED) is 0.798. The van der Waals surface area contributed by atoms with Crippen LogP contribution in [0.15, 0.2) is 24.3 Å². The Kier molecular flexibility index (Phi) is 5.45. The molecule has 1 fully saturated rings. The van der Waals surface area contributed by atoms with E-state index in [0.717, 1.165) is 10.9 Å². The number of sulfonamides is 1. The molecule has 1 saturated heterocycles. The number of carboxylic acid groups (broad SMARTS) is 1. The van der Waals surface area contributed by atoms with Gasteiger partial charge in [-0.2, -0.15) is 4.31 Å². The van der Waals surface area contributed by atoms with Gasteiger partial charge in [0, 0.05) is 37.1 Å². The number of hydrogen-bond acceptors (Lipinski definition) is 5. The maximum absolute atomic E-state index is 11.7. The van der Waals surface area contributed by atoms with Gasteiger partial charge < -0.3 is 15.3 Å². The fraction of sp³-hybridized carbons (Fsp3) is 0.412. The van der Waals surface area contributed by atoms with Gasteiger partial charge in [-0.1, -0.05) is 23.7 Å². The number of pyridine rings is 1. The van der Waals surface area contributed by atoms with Crippen LogP contribution in [0.5, 0.6) is 0 Å². The Morgan fingerprint density at radius 3 is 2.56 bits per heavy atom. The molecular weight excluding hydrogens is 392 g/mol. The summed E-state index contributed by atoms with van der Waals surface area (Å²) >= 11 is 6.29. The van der Waals surface area contributed by atoms with Crippen molar-refractivity contribution >= 4 is 44.4 Å². The van der Waals surface area contributed by atoms with Crippen LogP contribution in [0.3, 0.4) is 0 Å². The van der Waals surface area contributed by atoms with Gasteiger partial charge in [0.25, 0.3) is 0 Å². The summed E-state index contributed by atoms with van der Waals surface area (Å²) in [4.78, 5) is 17.8. The Bertz CT molecular complexity index is 974. The molecule has 0 spiro atoms. The third-order valence-electron chi connectivity index (χ3n) is 4.62. The number of amides is 1. The summed E-state index contributed by atoms with van der Waals surface area (Å²) in [6.07, 6.45) is 0.0719. The van der Waals surface area contributed by atoms with E-state index in [1.165, 1.54) is 10.6 Å². The molecule has 1 aromatic heterocycles. The summed E-state index contributed by atoms with van der Waals surface area (Å²) in [7, 11) is -3.24. The van der Waals surface area contributed by atoms with Crippen molar-refractivity contribution in [1.29, 1.82) is 0 Å². The molecule has 3 rings (SSSR count). The zero-order chi connectivity index (χ0) is 19.8. The summed E-state index contributed by atoms with van der Waals surface area (Å²) < 4.78 is 24.9. The maximum Gasteiger partial charge on any atom is 0.405 e. The highest BCUT2D eigenvalue weighted by Gasteiger charge is 2.27. The molecule has 1 aromatic carbocycles. The molecule has 10 heteroatoms. The molecule has 8 nitrogen and oxygen atoms in total. The lowest BCUT2D eigenvalue weighted by molar-refractivity contribution is 0.191. The standard InChI is InChI=1S/C17H21ClN4O4S/c1-11(19-17(23)24)13-10-12-4-3-5-14(18)15(12)20-16(13)21-6-8-22(9-7-21)27(2,25)26/h3-5,10-11,19H,6-9H2,1-2H3,(H,23,24). The van der Waals surface area contributed by atoms with Crippen molar-refractivity contribution < 1.29 is 18.3 Å². The van der Waals surface area contributed by atoms with E-state index >= 15 is 0 Å². The summed E-state index contributed by atoms with van der Waals surface area (Å²) in [6, 6.07) is 6.84. The Morgan fingerprint density at radius 2 is 1.96 bits per heavy atom. The van der Waals surface area contributed by atoms with E-state index in [-0.39, 0.29) is 0 Å². The van der Waals surface area contributed by atoms with Crippen molar-refractivity contribution in [2.75, 3.05) is 37.3 Å². The highest BCUT2D eigenvalue weighted by Crippen LogP contribution is 2.32. The lowest BCUT2D eigenvalue weighted by Gasteiger charge is -2.35. The second-order valence-corrected chi connectivity index (χ2v) is 8.92. The van der Waals surface area contributed by atoms with Gasteiger partial charge in [0.05, 0.1) is 22.8 Å². The molecule has 0 bridgehead atoms. The molecule has 1 atom stereocenters. The number of halogens is 1. The molecule has 1 aliphatic heterocycles. The van der Waals surface area contributed by atoms with Crippen molar-refractivity contribution in [3.8, 4) is 0 Å². The fourth-order valence-electron chi connectivity index (χ4n) is 3.24. The number of fused-ring (bicyclic) bond motifs is 1. The number of hydrogen-bond donors (Lipinski definition) is 2. The van der Waals surface area contributed by atoms with Crippen molar-refractivity contribution in [2.45, 2.75) is 13.0 Å². The van der Waals surface area contributed by atoms with Crippen LogP contribution in [0, 0.1) is 0 Å². The third-order valence-corrected chi connectivity index (χ3v) is 6.23. The molecule has 2 heterocycles. The van der Waals surface area contributed by atoms with Gasteiger partial charge in [-0.05, 0) is 19.1 Å². The first kappa shape index (κ1) is 19.7. The molecule has 0 aliphatic carbocycles. The minimum absolute atomic E-state index is 0.348. The van der Waals surface area contributed by atoms with E-state index in [9.17, 15) is 13.2 Å². The smallest absolute Gasteiger partial charge is 0.405 e. The van der Waals surface area contributed by atoms with Crippen LogP contribution in [-0.4, -0.2) is 61.3 Å². The topological polar surface area (TPSA) is 103 Å². The average Bonchev–Trinajstić information content (AvgIpc) is 2.60. The number of aromatic nitrogens is 1. The molecule has 2 N–H and O–H groups in total. The molecule has 2 aromatic rings. The monoisotopic (exact) mass is 412 g/mol. The van der Waals surface area contributed by atoms with Gasteiger partial charge >= 0.3 is 6.09 Å². The van der Waals surface area contributed by atoms with Gasteiger partial charge in [0.2, 0.25) is 10.0 Å². The Labute approximate surface area is 162 Å². The molecule has 146 valence electrons. The van der Waals surface area contributed by atoms with Gasteiger partial charge in [-0.25, -0.2) is 18.2 Å². The number of nitrogens with zero attached hydrogens (tertiary/aromatic N) is 3. The molecule has 1 amide bonds. The van der Waals surface area contributed by atoms with Gasteiger partial charge in [0.1, 0.15) is 5.82 Å². The first-order valence-corrected chi connectivity index (χ1v) is 10.7. The maximum atomic E-state index is 11.7. The molecule has 1 aliphatic rings. The minimum Gasteiger partial charge on any atom is -0.465 e. The van der Waals surface area contributed by atoms with Crippen LogP contribution < -0.4 is 10.2 Å². The number of benzene rings is 1. The van der Waals surface area contributed by atoms with E-state index in [1.54, 1.807) is 13.0 Å². The molecule has 1 unspecified atom stereocenters. The number of para-hydroxylation sites is 1. The van der Waals surface area contributed by atoms with E-state index in [2.05, 4.69) is 5.32 Å². The molecule has 0 saturated carbocycles. The Hall–Kier alpha value is -2.10. The summed E-state index contributed by atoms with van der Waals surface area (Å²) in [6.45, 7) is 3.37. The summed E-state index contributed by atoms with van der Waals surface area (Å²) in [5.41, 5.74) is 1.35. The summed E-state index contributed by atoms with van der Waals surface area (Å²) in [5.74, 6) is 0.616. The number of rotatable bonds is 4. The molecular formula is C17H21ClN4O4S. The van der Waals surface area contributed by atoms with Crippen LogP contribution in [0.2, 0.25) is 5.02 Å². The van der Waals surface area contributed by atoms with Crippen LogP contribution in [0.25, 0.3) is 10.9 Å². The van der Waals surface area contributed by atoms with Crippen molar-refractivity contribution in [1.82, 2.24) is 14.6 Å². The first-order valence-electron chi connectivity index (χ1n) is 8.45. The predicted molar refractivity (Wildman–Crippen MR) is 105 cm³/mol. The van der Waals surface area contributed by atoms with E-state index < -0.39 is 22.2 Å². The van der Waals surface area contributed by atoms with E-state index in [0.29, 0.717) is 42.5 Å².